The molecular weight excluding hydrogens is 542 g/mol. The maximum absolute atomic E-state index is 5.40. The first-order valence-electron chi connectivity index (χ1n) is 11.9. The van der Waals surface area contributed by atoms with Gasteiger partial charge in [-0.2, -0.15) is 0 Å². The average molecular weight is 575 g/mol. The molecular formula is C31H33N3Te. The summed E-state index contributed by atoms with van der Waals surface area (Å²) in [5, 5.41) is 3.87. The van der Waals surface area contributed by atoms with Gasteiger partial charge in [-0.3, -0.25) is 0 Å². The number of anilines is 1. The third-order valence-corrected chi connectivity index (χ3v) is 8.95. The van der Waals surface area contributed by atoms with Crippen LogP contribution >= 0.6 is 0 Å². The van der Waals surface area contributed by atoms with Crippen LogP contribution in [0.3, 0.4) is 0 Å². The molecule has 0 saturated heterocycles. The molecule has 0 amide bonds. The van der Waals surface area contributed by atoms with Gasteiger partial charge in [0.05, 0.1) is 0 Å². The first-order valence-corrected chi connectivity index (χ1v) is 14.3. The zero-order chi connectivity index (χ0) is 24.6. The number of nitrogens with one attached hydrogen (secondary N) is 1. The number of hydrogen-bond acceptors (Lipinski definition) is 3. The number of benzene rings is 4. The number of hydrogen-bond donors (Lipinski definition) is 1. The Kier molecular flexibility index (Phi) is 8.77. The number of rotatable bonds is 9. The molecule has 4 rings (SSSR count). The van der Waals surface area contributed by atoms with Crippen molar-refractivity contribution in [1.29, 1.82) is 0 Å². The molecule has 0 bridgehead atoms. The molecule has 0 aliphatic rings. The number of aryl methyl sites for hydroxylation is 2. The van der Waals surface area contributed by atoms with Gasteiger partial charge in [-0.1, -0.05) is 0 Å². The van der Waals surface area contributed by atoms with E-state index in [-0.39, 0.29) is 6.04 Å². The SMILES string of the molecule is Cc1cccc(C)c1N=C([Te]c1ccccc1)C(NCc1ccccc1)c1ccc(N(C)C)cc1. The molecule has 4 aromatic carbocycles. The summed E-state index contributed by atoms with van der Waals surface area (Å²) in [6.07, 6.45) is 0. The molecule has 0 radical (unpaired) electrons. The summed E-state index contributed by atoms with van der Waals surface area (Å²) in [6, 6.07) is 36.8. The van der Waals surface area contributed by atoms with Crippen LogP contribution in [0.2, 0.25) is 0 Å². The number of para-hydroxylation sites is 1. The van der Waals surface area contributed by atoms with E-state index in [1.54, 1.807) is 0 Å². The molecule has 178 valence electrons. The monoisotopic (exact) mass is 577 g/mol. The fraction of sp³-hybridized carbons (Fsp3) is 0.194. The molecule has 0 saturated carbocycles. The minimum absolute atomic E-state index is 0.0352. The predicted molar refractivity (Wildman–Crippen MR) is 152 cm³/mol. The Bertz CT molecular complexity index is 1230. The van der Waals surface area contributed by atoms with E-state index in [0.29, 0.717) is 0 Å². The first kappa shape index (κ1) is 25.2. The molecule has 0 aliphatic carbocycles. The van der Waals surface area contributed by atoms with E-state index in [1.807, 2.05) is 0 Å². The van der Waals surface area contributed by atoms with Crippen LogP contribution in [0, 0.1) is 13.8 Å². The summed E-state index contributed by atoms with van der Waals surface area (Å²) in [6.45, 7) is 5.10. The molecule has 4 aromatic rings. The van der Waals surface area contributed by atoms with Crippen LogP contribution in [-0.2, 0) is 6.54 Å². The molecule has 0 heterocycles. The van der Waals surface area contributed by atoms with Gasteiger partial charge in [0.2, 0.25) is 0 Å². The van der Waals surface area contributed by atoms with Gasteiger partial charge in [0.1, 0.15) is 0 Å². The van der Waals surface area contributed by atoms with E-state index < -0.39 is 20.9 Å². The van der Waals surface area contributed by atoms with Gasteiger partial charge in [-0.05, 0) is 0 Å². The van der Waals surface area contributed by atoms with Crippen molar-refractivity contribution >= 4 is 39.7 Å². The van der Waals surface area contributed by atoms with Crippen molar-refractivity contribution < 1.29 is 0 Å². The van der Waals surface area contributed by atoms with Gasteiger partial charge in [-0.25, -0.2) is 0 Å². The molecule has 35 heavy (non-hydrogen) atoms. The van der Waals surface area contributed by atoms with Gasteiger partial charge >= 0.3 is 221 Å². The molecule has 4 heteroatoms. The standard InChI is InChI=1S/C31H33N3Te/c1-23-12-11-13-24(2)29(23)33-31(35-28-16-9-6-10-17-28)30(32-22-25-14-7-5-8-15-25)26-18-20-27(21-19-26)34(3)4/h5-21,30,32H,22H2,1-4H3. The molecule has 1 N–H and O–H groups in total. The van der Waals surface area contributed by atoms with Gasteiger partial charge in [0.25, 0.3) is 0 Å². The van der Waals surface area contributed by atoms with E-state index >= 15 is 0 Å². The number of nitrogens with zero attached hydrogens (tertiary/aromatic N) is 2. The van der Waals surface area contributed by atoms with Gasteiger partial charge in [0, 0.05) is 0 Å². The molecule has 0 aliphatic heterocycles. The Morgan fingerprint density at radius 2 is 1.37 bits per heavy atom. The van der Waals surface area contributed by atoms with Crippen LogP contribution in [0.25, 0.3) is 0 Å². The molecule has 0 spiro atoms. The van der Waals surface area contributed by atoms with Crippen LogP contribution in [0.1, 0.15) is 28.3 Å². The maximum atomic E-state index is 5.40. The van der Waals surface area contributed by atoms with Crippen LogP contribution in [0.5, 0.6) is 0 Å². The van der Waals surface area contributed by atoms with E-state index in [2.05, 4.69) is 141 Å². The van der Waals surface area contributed by atoms with Crippen molar-refractivity contribution in [2.45, 2.75) is 26.4 Å². The molecule has 0 fully saturated rings. The van der Waals surface area contributed by atoms with Crippen LogP contribution in [0.15, 0.2) is 108 Å². The van der Waals surface area contributed by atoms with E-state index in [4.69, 9.17) is 4.99 Å². The van der Waals surface area contributed by atoms with E-state index in [9.17, 15) is 0 Å². The average Bonchev–Trinajstić information content (AvgIpc) is 2.88. The predicted octanol–water partition coefficient (Wildman–Crippen LogP) is 5.96. The summed E-state index contributed by atoms with van der Waals surface area (Å²) in [5.41, 5.74) is 7.25. The van der Waals surface area contributed by atoms with Crippen molar-refractivity contribution in [1.82, 2.24) is 5.32 Å². The quantitative estimate of drug-likeness (QED) is 0.197. The fourth-order valence-corrected chi connectivity index (χ4v) is 6.86. The van der Waals surface area contributed by atoms with Crippen LogP contribution in [-0.4, -0.2) is 38.8 Å². The summed E-state index contributed by atoms with van der Waals surface area (Å²) < 4.78 is 2.63. The van der Waals surface area contributed by atoms with Crippen molar-refractivity contribution in [3.8, 4) is 0 Å². The van der Waals surface area contributed by atoms with Crippen LogP contribution < -0.4 is 13.8 Å². The Morgan fingerprint density at radius 1 is 0.771 bits per heavy atom. The summed E-state index contributed by atoms with van der Waals surface area (Å²) >= 11 is -0.711. The Labute approximate surface area is 220 Å². The summed E-state index contributed by atoms with van der Waals surface area (Å²) in [7, 11) is 4.16. The topological polar surface area (TPSA) is 27.6 Å². The third kappa shape index (κ3) is 6.83. The second-order valence-electron chi connectivity index (χ2n) is 8.89. The molecule has 0 aromatic heterocycles. The third-order valence-electron chi connectivity index (χ3n) is 5.97. The second kappa shape index (κ2) is 12.2. The zero-order valence-corrected chi connectivity index (χ0v) is 23.2. The normalized spacial score (nSPS) is 12.4. The Balaban J connectivity index is 1.79. The Hall–Kier alpha value is -2.90. The van der Waals surface area contributed by atoms with Crippen molar-refractivity contribution in [3.63, 3.8) is 0 Å². The van der Waals surface area contributed by atoms with Gasteiger partial charge in [-0.15, -0.1) is 0 Å². The summed E-state index contributed by atoms with van der Waals surface area (Å²) in [4.78, 5) is 7.54. The second-order valence-corrected chi connectivity index (χ2v) is 12.0. The van der Waals surface area contributed by atoms with Crippen molar-refractivity contribution in [2.24, 2.45) is 4.99 Å². The number of aliphatic imine (C=N–C) groups is 1. The van der Waals surface area contributed by atoms with Gasteiger partial charge in [0.15, 0.2) is 0 Å². The molecule has 3 nitrogen and oxygen atoms in total. The molecule has 1 atom stereocenters. The fourth-order valence-electron chi connectivity index (χ4n) is 3.98. The van der Waals surface area contributed by atoms with Crippen molar-refractivity contribution in [3.05, 3.63) is 125 Å². The molecule has 1 unspecified atom stereocenters. The van der Waals surface area contributed by atoms with Crippen molar-refractivity contribution in [2.75, 3.05) is 19.0 Å². The van der Waals surface area contributed by atoms with Gasteiger partial charge < -0.3 is 0 Å². The van der Waals surface area contributed by atoms with Crippen LogP contribution in [0.4, 0.5) is 11.4 Å². The Morgan fingerprint density at radius 3 is 1.97 bits per heavy atom. The zero-order valence-electron chi connectivity index (χ0n) is 20.9. The minimum atomic E-state index is -0.711. The summed E-state index contributed by atoms with van der Waals surface area (Å²) in [5.74, 6) is 0. The first-order chi connectivity index (χ1) is 17.0. The van der Waals surface area contributed by atoms with E-state index in [1.165, 1.54) is 35.3 Å². The van der Waals surface area contributed by atoms with E-state index in [0.717, 1.165) is 12.2 Å².